The van der Waals surface area contributed by atoms with Crippen molar-refractivity contribution < 1.29 is 5.11 Å². The van der Waals surface area contributed by atoms with E-state index in [0.29, 0.717) is 5.92 Å². The third kappa shape index (κ3) is 3.48. The molecule has 1 aromatic heterocycles. The smallest absolute Gasteiger partial charge is 0.0543 e. The van der Waals surface area contributed by atoms with Crippen molar-refractivity contribution in [3.63, 3.8) is 0 Å². The van der Waals surface area contributed by atoms with Crippen LogP contribution < -0.4 is 5.32 Å². The molecule has 2 aromatic rings. The summed E-state index contributed by atoms with van der Waals surface area (Å²) in [7, 11) is 0. The van der Waals surface area contributed by atoms with Crippen molar-refractivity contribution in [3.8, 4) is 11.1 Å². The summed E-state index contributed by atoms with van der Waals surface area (Å²) in [6.45, 7) is 1.96. The van der Waals surface area contributed by atoms with Gasteiger partial charge in [0.15, 0.2) is 0 Å². The van der Waals surface area contributed by atoms with Gasteiger partial charge in [-0.25, -0.2) is 0 Å². The SMILES string of the molecule is OC1CCC(CNCc2cc(-c3ccccc3)cs2)C1. The highest BCUT2D eigenvalue weighted by molar-refractivity contribution is 7.10. The van der Waals surface area contributed by atoms with E-state index in [9.17, 15) is 5.11 Å². The number of rotatable bonds is 5. The fourth-order valence-corrected chi connectivity index (χ4v) is 3.75. The summed E-state index contributed by atoms with van der Waals surface area (Å²) in [4.78, 5) is 1.38. The Labute approximate surface area is 124 Å². The predicted octanol–water partition coefficient (Wildman–Crippen LogP) is 3.67. The standard InChI is InChI=1S/C17H21NOS/c19-16-7-6-13(8-16)10-18-11-17-9-15(12-20-17)14-4-2-1-3-5-14/h1-5,9,12-13,16,18-19H,6-8,10-11H2. The lowest BCUT2D eigenvalue weighted by molar-refractivity contribution is 0.177. The van der Waals surface area contributed by atoms with Crippen LogP contribution in [0.4, 0.5) is 0 Å². The number of hydrogen-bond donors (Lipinski definition) is 2. The molecule has 1 aliphatic rings. The first-order valence-electron chi connectivity index (χ1n) is 7.33. The maximum absolute atomic E-state index is 9.52. The normalized spacial score (nSPS) is 22.2. The molecule has 1 aromatic carbocycles. The molecule has 1 heterocycles. The van der Waals surface area contributed by atoms with Crippen LogP contribution in [0.1, 0.15) is 24.1 Å². The van der Waals surface area contributed by atoms with Gasteiger partial charge in [-0.05, 0) is 54.3 Å². The molecule has 0 radical (unpaired) electrons. The van der Waals surface area contributed by atoms with Crippen LogP contribution in [0.15, 0.2) is 41.8 Å². The monoisotopic (exact) mass is 287 g/mol. The Morgan fingerprint density at radius 3 is 2.75 bits per heavy atom. The van der Waals surface area contributed by atoms with Crippen LogP contribution in [0.3, 0.4) is 0 Å². The van der Waals surface area contributed by atoms with Crippen molar-refractivity contribution in [3.05, 3.63) is 46.7 Å². The largest absolute Gasteiger partial charge is 0.393 e. The number of aliphatic hydroxyl groups excluding tert-OH is 1. The zero-order valence-corrected chi connectivity index (χ0v) is 12.4. The molecule has 0 spiro atoms. The third-order valence-corrected chi connectivity index (χ3v) is 4.94. The number of aliphatic hydroxyl groups is 1. The topological polar surface area (TPSA) is 32.3 Å². The number of benzene rings is 1. The van der Waals surface area contributed by atoms with Gasteiger partial charge in [-0.15, -0.1) is 11.3 Å². The predicted molar refractivity (Wildman–Crippen MR) is 84.8 cm³/mol. The zero-order valence-electron chi connectivity index (χ0n) is 11.6. The molecule has 1 fully saturated rings. The number of nitrogens with one attached hydrogen (secondary N) is 1. The minimum absolute atomic E-state index is 0.0618. The van der Waals surface area contributed by atoms with Crippen LogP contribution in [-0.4, -0.2) is 17.8 Å². The summed E-state index contributed by atoms with van der Waals surface area (Å²) in [5, 5.41) is 15.3. The lowest BCUT2D eigenvalue weighted by atomic mass is 10.1. The molecule has 3 rings (SSSR count). The van der Waals surface area contributed by atoms with Crippen LogP contribution in [0.5, 0.6) is 0 Å². The molecular formula is C17H21NOS. The van der Waals surface area contributed by atoms with Crippen molar-refractivity contribution in [2.45, 2.75) is 31.9 Å². The Morgan fingerprint density at radius 2 is 2.00 bits per heavy atom. The maximum Gasteiger partial charge on any atom is 0.0543 e. The van der Waals surface area contributed by atoms with E-state index in [4.69, 9.17) is 0 Å². The second kappa shape index (κ2) is 6.53. The van der Waals surface area contributed by atoms with Gasteiger partial charge in [-0.2, -0.15) is 0 Å². The Morgan fingerprint density at radius 1 is 1.15 bits per heavy atom. The maximum atomic E-state index is 9.52. The molecule has 0 aliphatic heterocycles. The molecule has 20 heavy (non-hydrogen) atoms. The average molecular weight is 287 g/mol. The van der Waals surface area contributed by atoms with Gasteiger partial charge in [0.1, 0.15) is 0 Å². The lowest BCUT2D eigenvalue weighted by Gasteiger charge is -2.09. The van der Waals surface area contributed by atoms with Gasteiger partial charge < -0.3 is 10.4 Å². The lowest BCUT2D eigenvalue weighted by Crippen LogP contribution is -2.20. The van der Waals surface area contributed by atoms with E-state index < -0.39 is 0 Å². The van der Waals surface area contributed by atoms with Gasteiger partial charge in [-0.1, -0.05) is 30.3 Å². The molecular weight excluding hydrogens is 266 g/mol. The minimum atomic E-state index is -0.0618. The van der Waals surface area contributed by atoms with Gasteiger partial charge in [0.05, 0.1) is 6.10 Å². The van der Waals surface area contributed by atoms with E-state index in [-0.39, 0.29) is 6.10 Å². The Bertz CT molecular complexity index is 537. The first kappa shape index (κ1) is 13.8. The molecule has 0 amide bonds. The molecule has 2 atom stereocenters. The van der Waals surface area contributed by atoms with E-state index >= 15 is 0 Å². The van der Waals surface area contributed by atoms with Gasteiger partial charge >= 0.3 is 0 Å². The highest BCUT2D eigenvalue weighted by Gasteiger charge is 2.22. The quantitative estimate of drug-likeness (QED) is 0.879. The average Bonchev–Trinajstić information content (AvgIpc) is 3.09. The van der Waals surface area contributed by atoms with Gasteiger partial charge in [-0.3, -0.25) is 0 Å². The molecule has 1 saturated carbocycles. The molecule has 106 valence electrons. The molecule has 2 nitrogen and oxygen atoms in total. The van der Waals surface area contributed by atoms with E-state index in [0.717, 1.165) is 32.4 Å². The second-order valence-corrected chi connectivity index (χ2v) is 6.63. The van der Waals surface area contributed by atoms with Crippen LogP contribution in [0, 0.1) is 5.92 Å². The summed E-state index contributed by atoms with van der Waals surface area (Å²) in [5.41, 5.74) is 2.60. The van der Waals surface area contributed by atoms with E-state index in [2.05, 4.69) is 41.0 Å². The Balaban J connectivity index is 1.50. The molecule has 2 N–H and O–H groups in total. The fourth-order valence-electron chi connectivity index (χ4n) is 2.89. The molecule has 0 bridgehead atoms. The van der Waals surface area contributed by atoms with Crippen molar-refractivity contribution in [1.29, 1.82) is 0 Å². The first-order valence-corrected chi connectivity index (χ1v) is 8.21. The van der Waals surface area contributed by atoms with Crippen LogP contribution >= 0.6 is 11.3 Å². The summed E-state index contributed by atoms with van der Waals surface area (Å²) in [5.74, 6) is 0.651. The van der Waals surface area contributed by atoms with Gasteiger partial charge in [0, 0.05) is 11.4 Å². The second-order valence-electron chi connectivity index (χ2n) is 5.63. The summed E-state index contributed by atoms with van der Waals surface area (Å²) < 4.78 is 0. The van der Waals surface area contributed by atoms with Crippen molar-refractivity contribution in [2.24, 2.45) is 5.92 Å². The van der Waals surface area contributed by atoms with Gasteiger partial charge in [0.25, 0.3) is 0 Å². The molecule has 3 heteroatoms. The van der Waals surface area contributed by atoms with Crippen LogP contribution in [0.2, 0.25) is 0 Å². The number of thiophene rings is 1. The van der Waals surface area contributed by atoms with Crippen molar-refractivity contribution >= 4 is 11.3 Å². The number of hydrogen-bond acceptors (Lipinski definition) is 3. The van der Waals surface area contributed by atoms with E-state index in [1.54, 1.807) is 0 Å². The molecule has 1 aliphatic carbocycles. The Kier molecular flexibility index (Phi) is 4.51. The van der Waals surface area contributed by atoms with E-state index in [1.165, 1.54) is 16.0 Å². The zero-order chi connectivity index (χ0) is 13.8. The van der Waals surface area contributed by atoms with Gasteiger partial charge in [0.2, 0.25) is 0 Å². The highest BCUT2D eigenvalue weighted by Crippen LogP contribution is 2.26. The Hall–Kier alpha value is -1.16. The van der Waals surface area contributed by atoms with Crippen LogP contribution in [-0.2, 0) is 6.54 Å². The van der Waals surface area contributed by atoms with Crippen molar-refractivity contribution in [1.82, 2.24) is 5.32 Å². The summed E-state index contributed by atoms with van der Waals surface area (Å²) >= 11 is 1.82. The van der Waals surface area contributed by atoms with Crippen molar-refractivity contribution in [2.75, 3.05) is 6.54 Å². The van der Waals surface area contributed by atoms with E-state index in [1.807, 2.05) is 17.4 Å². The molecule has 2 unspecified atom stereocenters. The fraction of sp³-hybridized carbons (Fsp3) is 0.412. The first-order chi connectivity index (χ1) is 9.81. The third-order valence-electron chi connectivity index (χ3n) is 4.01. The summed E-state index contributed by atoms with van der Waals surface area (Å²) in [6, 6.07) is 12.8. The minimum Gasteiger partial charge on any atom is -0.393 e. The molecule has 0 saturated heterocycles. The highest BCUT2D eigenvalue weighted by atomic mass is 32.1. The van der Waals surface area contributed by atoms with Crippen LogP contribution in [0.25, 0.3) is 11.1 Å². The summed E-state index contributed by atoms with van der Waals surface area (Å²) in [6.07, 6.45) is 3.04.